The number of benzene rings is 1. The molecule has 0 atom stereocenters. The number of rotatable bonds is 5. The first-order valence-corrected chi connectivity index (χ1v) is 5.74. The third-order valence-electron chi connectivity index (χ3n) is 2.08. The van der Waals surface area contributed by atoms with Crippen LogP contribution in [0.25, 0.3) is 0 Å². The van der Waals surface area contributed by atoms with Crippen LogP contribution in [0.2, 0.25) is 5.02 Å². The summed E-state index contributed by atoms with van der Waals surface area (Å²) in [4.78, 5) is 21.3. The second-order valence-corrected chi connectivity index (χ2v) is 3.86. The number of carbonyl (C=O) groups excluding carboxylic acids is 1. The van der Waals surface area contributed by atoms with E-state index in [-0.39, 0.29) is 23.0 Å². The second-order valence-electron chi connectivity index (χ2n) is 3.45. The number of anilines is 1. The smallest absolute Gasteiger partial charge is 0.354 e. The van der Waals surface area contributed by atoms with Gasteiger partial charge in [0.1, 0.15) is 5.71 Å². The Bertz CT molecular complexity index is 531. The minimum atomic E-state index is -0.553. The molecule has 0 aliphatic heterocycles. The molecule has 0 aromatic heterocycles. The fraction of sp³-hybridized carbons (Fsp3) is 0.273. The van der Waals surface area contributed by atoms with Crippen LogP contribution in [0.1, 0.15) is 13.8 Å². The quantitative estimate of drug-likeness (QED) is 0.388. The molecular formula is C11H12ClN3O4. The van der Waals surface area contributed by atoms with E-state index < -0.39 is 10.9 Å². The third-order valence-corrected chi connectivity index (χ3v) is 2.39. The molecule has 1 aromatic carbocycles. The zero-order valence-electron chi connectivity index (χ0n) is 10.3. The maximum absolute atomic E-state index is 11.3. The Balaban J connectivity index is 2.81. The molecule has 0 radical (unpaired) electrons. The molecule has 0 saturated heterocycles. The van der Waals surface area contributed by atoms with Crippen molar-refractivity contribution >= 4 is 34.7 Å². The second kappa shape index (κ2) is 6.69. The Kier molecular flexibility index (Phi) is 5.25. The number of nitro groups is 1. The van der Waals surface area contributed by atoms with E-state index in [0.29, 0.717) is 5.69 Å². The van der Waals surface area contributed by atoms with Crippen LogP contribution < -0.4 is 5.43 Å². The number of esters is 1. The first kappa shape index (κ1) is 14.9. The van der Waals surface area contributed by atoms with Crippen molar-refractivity contribution in [3.63, 3.8) is 0 Å². The first-order chi connectivity index (χ1) is 8.95. The van der Waals surface area contributed by atoms with Gasteiger partial charge < -0.3 is 4.74 Å². The lowest BCUT2D eigenvalue weighted by Crippen LogP contribution is -2.15. The van der Waals surface area contributed by atoms with Crippen molar-refractivity contribution in [3.8, 4) is 0 Å². The highest BCUT2D eigenvalue weighted by Crippen LogP contribution is 2.26. The van der Waals surface area contributed by atoms with Crippen LogP contribution in [0, 0.1) is 10.1 Å². The van der Waals surface area contributed by atoms with Gasteiger partial charge in [-0.2, -0.15) is 5.10 Å². The highest BCUT2D eigenvalue weighted by atomic mass is 35.5. The number of nitrogens with one attached hydrogen (secondary N) is 1. The van der Waals surface area contributed by atoms with Gasteiger partial charge in [-0.15, -0.1) is 0 Å². The van der Waals surface area contributed by atoms with E-state index in [4.69, 9.17) is 16.3 Å². The van der Waals surface area contributed by atoms with Gasteiger partial charge in [0.25, 0.3) is 5.69 Å². The van der Waals surface area contributed by atoms with Gasteiger partial charge in [-0.05, 0) is 19.9 Å². The van der Waals surface area contributed by atoms with Crippen LogP contribution in [0.3, 0.4) is 0 Å². The molecule has 8 heteroatoms. The lowest BCUT2D eigenvalue weighted by molar-refractivity contribution is -0.384. The third kappa shape index (κ3) is 4.22. The van der Waals surface area contributed by atoms with Gasteiger partial charge in [0.15, 0.2) is 0 Å². The van der Waals surface area contributed by atoms with Gasteiger partial charge in [-0.1, -0.05) is 11.6 Å². The van der Waals surface area contributed by atoms with Crippen LogP contribution in [-0.2, 0) is 9.53 Å². The summed E-state index contributed by atoms with van der Waals surface area (Å²) < 4.78 is 4.74. The van der Waals surface area contributed by atoms with Gasteiger partial charge in [0.2, 0.25) is 0 Å². The number of ether oxygens (including phenoxy) is 1. The number of nitro benzene ring substituents is 1. The highest BCUT2D eigenvalue weighted by molar-refractivity contribution is 6.36. The average molecular weight is 286 g/mol. The zero-order chi connectivity index (χ0) is 14.4. The molecule has 0 saturated carbocycles. The first-order valence-electron chi connectivity index (χ1n) is 5.37. The molecule has 1 rings (SSSR count). The van der Waals surface area contributed by atoms with E-state index in [9.17, 15) is 14.9 Å². The number of hydrogen-bond acceptors (Lipinski definition) is 6. The van der Waals surface area contributed by atoms with Gasteiger partial charge >= 0.3 is 5.97 Å². The summed E-state index contributed by atoms with van der Waals surface area (Å²) in [7, 11) is 0. The average Bonchev–Trinajstić information content (AvgIpc) is 2.36. The molecule has 0 spiro atoms. The number of hydrazone groups is 1. The van der Waals surface area contributed by atoms with Crippen LogP contribution in [0.4, 0.5) is 11.4 Å². The summed E-state index contributed by atoms with van der Waals surface area (Å²) in [6.45, 7) is 3.42. The van der Waals surface area contributed by atoms with E-state index in [0.717, 1.165) is 0 Å². The van der Waals surface area contributed by atoms with Crippen LogP contribution in [0.15, 0.2) is 23.3 Å². The van der Waals surface area contributed by atoms with Crippen LogP contribution in [0.5, 0.6) is 0 Å². The number of nitrogens with zero attached hydrogens (tertiary/aromatic N) is 2. The number of carbonyl (C=O) groups is 1. The molecule has 0 bridgehead atoms. The molecule has 1 N–H and O–H groups in total. The maximum atomic E-state index is 11.3. The molecule has 1 aromatic rings. The predicted octanol–water partition coefficient (Wildman–Crippen LogP) is 2.60. The van der Waals surface area contributed by atoms with Crippen molar-refractivity contribution in [1.29, 1.82) is 0 Å². The Labute approximate surface area is 114 Å². The topological polar surface area (TPSA) is 93.8 Å². The maximum Gasteiger partial charge on any atom is 0.354 e. The molecule has 19 heavy (non-hydrogen) atoms. The molecule has 102 valence electrons. The zero-order valence-corrected chi connectivity index (χ0v) is 11.1. The fourth-order valence-corrected chi connectivity index (χ4v) is 1.35. The predicted molar refractivity (Wildman–Crippen MR) is 71.5 cm³/mol. The summed E-state index contributed by atoms with van der Waals surface area (Å²) in [5.74, 6) is -0.548. The van der Waals surface area contributed by atoms with E-state index in [1.807, 2.05) is 0 Å². The van der Waals surface area contributed by atoms with Crippen molar-refractivity contribution in [2.24, 2.45) is 5.10 Å². The summed E-state index contributed by atoms with van der Waals surface area (Å²) in [6.07, 6.45) is 0. The van der Waals surface area contributed by atoms with Crippen molar-refractivity contribution in [2.75, 3.05) is 12.0 Å². The normalized spacial score (nSPS) is 11.0. The van der Waals surface area contributed by atoms with Crippen molar-refractivity contribution in [2.45, 2.75) is 13.8 Å². The van der Waals surface area contributed by atoms with Crippen molar-refractivity contribution in [1.82, 2.24) is 0 Å². The highest BCUT2D eigenvalue weighted by Gasteiger charge is 2.10. The molecule has 0 fully saturated rings. The number of hydrogen-bond donors (Lipinski definition) is 1. The van der Waals surface area contributed by atoms with E-state index in [1.54, 1.807) is 6.92 Å². The summed E-state index contributed by atoms with van der Waals surface area (Å²) >= 11 is 5.85. The molecule has 7 nitrogen and oxygen atoms in total. The molecule has 0 aliphatic carbocycles. The lowest BCUT2D eigenvalue weighted by atomic mass is 10.3. The van der Waals surface area contributed by atoms with E-state index >= 15 is 0 Å². The molecule has 0 heterocycles. The Morgan fingerprint density at radius 2 is 2.26 bits per heavy atom. The Morgan fingerprint density at radius 1 is 1.58 bits per heavy atom. The minimum Gasteiger partial charge on any atom is -0.461 e. The Morgan fingerprint density at radius 3 is 2.79 bits per heavy atom. The van der Waals surface area contributed by atoms with Gasteiger partial charge in [0.05, 0.1) is 22.2 Å². The standard InChI is InChI=1S/C11H12ClN3O4/c1-3-19-11(16)7(2)13-14-10-5-4-8(15(17)18)6-9(10)12/h4-6,14H,3H2,1-2H3/b13-7-. The fourth-order valence-electron chi connectivity index (χ4n) is 1.13. The van der Waals surface area contributed by atoms with Gasteiger partial charge in [0, 0.05) is 12.1 Å². The summed E-state index contributed by atoms with van der Waals surface area (Å²) in [5.41, 5.74) is 2.91. The van der Waals surface area contributed by atoms with Gasteiger partial charge in [-0.3, -0.25) is 15.5 Å². The van der Waals surface area contributed by atoms with Crippen molar-refractivity contribution in [3.05, 3.63) is 33.3 Å². The molecular weight excluding hydrogens is 274 g/mol. The summed E-state index contributed by atoms with van der Waals surface area (Å²) in [5, 5.41) is 14.4. The molecule has 0 aliphatic rings. The van der Waals surface area contributed by atoms with E-state index in [1.165, 1.54) is 25.1 Å². The van der Waals surface area contributed by atoms with Crippen LogP contribution >= 0.6 is 11.6 Å². The SMILES string of the molecule is CCOC(=O)/C(C)=N\Nc1ccc([N+](=O)[O-])cc1Cl. The lowest BCUT2D eigenvalue weighted by Gasteiger charge is -2.05. The van der Waals surface area contributed by atoms with Gasteiger partial charge in [-0.25, -0.2) is 4.79 Å². The molecule has 0 amide bonds. The molecule has 0 unspecified atom stereocenters. The largest absolute Gasteiger partial charge is 0.461 e. The Hall–Kier alpha value is -2.15. The van der Waals surface area contributed by atoms with E-state index in [2.05, 4.69) is 10.5 Å². The summed E-state index contributed by atoms with van der Waals surface area (Å²) in [6, 6.07) is 3.88. The minimum absolute atomic E-state index is 0.122. The number of non-ortho nitro benzene ring substituents is 1. The monoisotopic (exact) mass is 285 g/mol. The van der Waals surface area contributed by atoms with Crippen LogP contribution in [-0.4, -0.2) is 23.2 Å². The van der Waals surface area contributed by atoms with Crippen molar-refractivity contribution < 1.29 is 14.5 Å². The number of halogens is 1.